The van der Waals surface area contributed by atoms with E-state index in [0.717, 1.165) is 11.4 Å². The van der Waals surface area contributed by atoms with Gasteiger partial charge in [0.2, 0.25) is 0 Å². The predicted molar refractivity (Wildman–Crippen MR) is 85.3 cm³/mol. The van der Waals surface area contributed by atoms with E-state index in [1.54, 1.807) is 17.0 Å². The van der Waals surface area contributed by atoms with Crippen LogP contribution in [0.15, 0.2) is 47.1 Å². The molecule has 2 heterocycles. The van der Waals surface area contributed by atoms with Crippen LogP contribution in [0.3, 0.4) is 0 Å². The second-order valence-corrected chi connectivity index (χ2v) is 5.63. The molecule has 0 spiro atoms. The van der Waals surface area contributed by atoms with Crippen molar-refractivity contribution < 1.29 is 14.3 Å². The number of aromatic nitrogens is 3. The second-order valence-electron chi connectivity index (χ2n) is 5.63. The van der Waals surface area contributed by atoms with Crippen LogP contribution in [-0.4, -0.2) is 26.7 Å². The maximum Gasteiger partial charge on any atom is 0.154 e. The summed E-state index contributed by atoms with van der Waals surface area (Å²) in [6.45, 7) is 4.69. The van der Waals surface area contributed by atoms with Crippen molar-refractivity contribution in [1.29, 1.82) is 0 Å². The molecule has 3 rings (SSSR count). The molecule has 0 aliphatic carbocycles. The Morgan fingerprint density at radius 1 is 1.22 bits per heavy atom. The summed E-state index contributed by atoms with van der Waals surface area (Å²) < 4.78 is 12.8. The highest BCUT2D eigenvalue weighted by Gasteiger charge is 2.17. The molecule has 0 aliphatic rings. The lowest BCUT2D eigenvalue weighted by molar-refractivity contribution is 0.271. The van der Waals surface area contributed by atoms with Gasteiger partial charge in [-0.3, -0.25) is 0 Å². The lowest BCUT2D eigenvalue weighted by atomic mass is 10.2. The summed E-state index contributed by atoms with van der Waals surface area (Å²) in [5, 5.41) is 17.6. The largest absolute Gasteiger partial charge is 0.493 e. The molecule has 0 saturated heterocycles. The van der Waals surface area contributed by atoms with Crippen molar-refractivity contribution in [2.45, 2.75) is 20.5 Å². The number of aliphatic hydroxyl groups excluding tert-OH is 1. The Kier molecular flexibility index (Phi) is 4.43. The molecule has 1 aromatic carbocycles. The Labute approximate surface area is 134 Å². The number of benzene rings is 1. The van der Waals surface area contributed by atoms with Crippen LogP contribution < -0.4 is 4.74 Å². The van der Waals surface area contributed by atoms with Gasteiger partial charge in [0.15, 0.2) is 5.76 Å². The van der Waals surface area contributed by atoms with Crippen molar-refractivity contribution in [3.05, 3.63) is 48.4 Å². The minimum absolute atomic E-state index is 0.203. The minimum atomic E-state index is -0.203. The van der Waals surface area contributed by atoms with E-state index in [2.05, 4.69) is 24.2 Å². The third kappa shape index (κ3) is 3.27. The molecule has 6 nitrogen and oxygen atoms in total. The first-order valence-electron chi connectivity index (χ1n) is 7.51. The van der Waals surface area contributed by atoms with Crippen molar-refractivity contribution in [1.82, 2.24) is 15.0 Å². The summed E-state index contributed by atoms with van der Waals surface area (Å²) in [7, 11) is 0. The highest BCUT2D eigenvalue weighted by Crippen LogP contribution is 2.26. The monoisotopic (exact) mass is 313 g/mol. The van der Waals surface area contributed by atoms with Crippen molar-refractivity contribution in [2.24, 2.45) is 5.92 Å². The number of furan rings is 1. The van der Waals surface area contributed by atoms with E-state index in [-0.39, 0.29) is 6.61 Å². The Bertz CT molecular complexity index is 746. The Balaban J connectivity index is 1.92. The average Bonchev–Trinajstić information content (AvgIpc) is 3.21. The lowest BCUT2D eigenvalue weighted by Gasteiger charge is -2.10. The summed E-state index contributed by atoms with van der Waals surface area (Å²) in [4.78, 5) is 0. The summed E-state index contributed by atoms with van der Waals surface area (Å²) in [6, 6.07) is 11.2. The van der Waals surface area contributed by atoms with E-state index in [1.807, 2.05) is 30.3 Å². The minimum Gasteiger partial charge on any atom is -0.493 e. The van der Waals surface area contributed by atoms with E-state index < -0.39 is 0 Å². The van der Waals surface area contributed by atoms with Gasteiger partial charge >= 0.3 is 0 Å². The van der Waals surface area contributed by atoms with Gasteiger partial charge in [-0.25, -0.2) is 4.68 Å². The number of nitrogens with zero attached hydrogens (tertiary/aromatic N) is 3. The topological polar surface area (TPSA) is 73.3 Å². The fraction of sp³-hybridized carbons (Fsp3) is 0.294. The third-order valence-electron chi connectivity index (χ3n) is 3.31. The molecule has 2 aromatic heterocycles. The summed E-state index contributed by atoms with van der Waals surface area (Å²) in [5.41, 5.74) is 1.94. The second kappa shape index (κ2) is 6.66. The molecule has 0 radical (unpaired) electrons. The van der Waals surface area contributed by atoms with E-state index >= 15 is 0 Å². The molecule has 0 aliphatic heterocycles. The average molecular weight is 313 g/mol. The quantitative estimate of drug-likeness (QED) is 0.757. The van der Waals surface area contributed by atoms with Gasteiger partial charge < -0.3 is 14.3 Å². The molecule has 0 unspecified atom stereocenters. The Hall–Kier alpha value is -2.60. The van der Waals surface area contributed by atoms with Gasteiger partial charge in [-0.05, 0) is 42.3 Å². The molecule has 6 heteroatoms. The Morgan fingerprint density at radius 3 is 2.61 bits per heavy atom. The molecule has 0 amide bonds. The first-order chi connectivity index (χ1) is 11.2. The number of aliphatic hydroxyl groups is 1. The highest BCUT2D eigenvalue weighted by atomic mass is 16.5. The van der Waals surface area contributed by atoms with Gasteiger partial charge in [0, 0.05) is 0 Å². The van der Waals surface area contributed by atoms with Crippen LogP contribution in [0.2, 0.25) is 0 Å². The zero-order chi connectivity index (χ0) is 16.2. The zero-order valence-corrected chi connectivity index (χ0v) is 13.1. The fourth-order valence-corrected chi connectivity index (χ4v) is 2.21. The SMILES string of the molecule is CC(C)COc1ccc(-n2nnc(CO)c2-c2ccco2)cc1. The molecular weight excluding hydrogens is 294 g/mol. The van der Waals surface area contributed by atoms with Gasteiger partial charge in [0.25, 0.3) is 0 Å². The van der Waals surface area contributed by atoms with E-state index in [0.29, 0.717) is 29.7 Å². The van der Waals surface area contributed by atoms with E-state index in [1.165, 1.54) is 0 Å². The zero-order valence-electron chi connectivity index (χ0n) is 13.1. The smallest absolute Gasteiger partial charge is 0.154 e. The van der Waals surface area contributed by atoms with Crippen molar-refractivity contribution >= 4 is 0 Å². The number of ether oxygens (including phenoxy) is 1. The van der Waals surface area contributed by atoms with Crippen LogP contribution in [-0.2, 0) is 6.61 Å². The van der Waals surface area contributed by atoms with E-state index in [9.17, 15) is 5.11 Å². The van der Waals surface area contributed by atoms with Crippen LogP contribution in [0.4, 0.5) is 0 Å². The van der Waals surface area contributed by atoms with Crippen LogP contribution in [0.1, 0.15) is 19.5 Å². The summed E-state index contributed by atoms with van der Waals surface area (Å²) in [6.07, 6.45) is 1.58. The molecular formula is C17H19N3O3. The van der Waals surface area contributed by atoms with Gasteiger partial charge in [0.1, 0.15) is 17.1 Å². The van der Waals surface area contributed by atoms with Gasteiger partial charge in [0.05, 0.1) is 25.2 Å². The first kappa shape index (κ1) is 15.3. The van der Waals surface area contributed by atoms with Gasteiger partial charge in [-0.1, -0.05) is 19.1 Å². The van der Waals surface area contributed by atoms with Crippen LogP contribution >= 0.6 is 0 Å². The number of hydrogen-bond donors (Lipinski definition) is 1. The number of hydrogen-bond acceptors (Lipinski definition) is 5. The maximum absolute atomic E-state index is 9.47. The van der Waals surface area contributed by atoms with Crippen LogP contribution in [0.5, 0.6) is 5.75 Å². The van der Waals surface area contributed by atoms with Crippen molar-refractivity contribution in [2.75, 3.05) is 6.61 Å². The normalized spacial score (nSPS) is 11.1. The van der Waals surface area contributed by atoms with Crippen molar-refractivity contribution in [3.63, 3.8) is 0 Å². The molecule has 120 valence electrons. The summed E-state index contributed by atoms with van der Waals surface area (Å²) in [5.74, 6) is 1.89. The third-order valence-corrected chi connectivity index (χ3v) is 3.31. The molecule has 0 fully saturated rings. The predicted octanol–water partition coefficient (Wildman–Crippen LogP) is 3.05. The molecule has 0 saturated carbocycles. The highest BCUT2D eigenvalue weighted by molar-refractivity contribution is 5.58. The molecule has 0 bridgehead atoms. The van der Waals surface area contributed by atoms with Crippen LogP contribution in [0.25, 0.3) is 17.1 Å². The lowest BCUT2D eigenvalue weighted by Crippen LogP contribution is -2.05. The first-order valence-corrected chi connectivity index (χ1v) is 7.51. The van der Waals surface area contributed by atoms with Crippen molar-refractivity contribution in [3.8, 4) is 22.9 Å². The van der Waals surface area contributed by atoms with Gasteiger partial charge in [-0.2, -0.15) is 0 Å². The maximum atomic E-state index is 9.47. The van der Waals surface area contributed by atoms with Gasteiger partial charge in [-0.15, -0.1) is 5.10 Å². The molecule has 23 heavy (non-hydrogen) atoms. The summed E-state index contributed by atoms with van der Waals surface area (Å²) >= 11 is 0. The fourth-order valence-electron chi connectivity index (χ4n) is 2.21. The number of rotatable bonds is 6. The molecule has 3 aromatic rings. The standard InChI is InChI=1S/C17H19N3O3/c1-12(2)11-23-14-7-5-13(6-8-14)20-17(15(10-21)18-19-20)16-4-3-9-22-16/h3-9,12,21H,10-11H2,1-2H3. The van der Waals surface area contributed by atoms with E-state index in [4.69, 9.17) is 9.15 Å². The molecule has 1 N–H and O–H groups in total. The molecule has 0 atom stereocenters. The van der Waals surface area contributed by atoms with Crippen LogP contribution in [0, 0.1) is 5.92 Å². The Morgan fingerprint density at radius 2 is 2.00 bits per heavy atom.